The lowest BCUT2D eigenvalue weighted by molar-refractivity contribution is -0.0578. The van der Waals surface area contributed by atoms with Gasteiger partial charge in [0.2, 0.25) is 5.79 Å². The SMILES string of the molecule is CC(C)(C)OC(=O)N1CCC[C@]1(F)CO. The van der Waals surface area contributed by atoms with Crippen LogP contribution in [0.15, 0.2) is 0 Å². The van der Waals surface area contributed by atoms with Crippen molar-refractivity contribution >= 4 is 6.09 Å². The Morgan fingerprint density at radius 2 is 2.20 bits per heavy atom. The van der Waals surface area contributed by atoms with Crippen LogP contribution in [0.1, 0.15) is 33.6 Å². The molecule has 0 saturated carbocycles. The zero-order valence-corrected chi connectivity index (χ0v) is 9.42. The van der Waals surface area contributed by atoms with Crippen molar-refractivity contribution in [2.24, 2.45) is 0 Å². The van der Waals surface area contributed by atoms with Gasteiger partial charge in [0.1, 0.15) is 5.60 Å². The first kappa shape index (κ1) is 12.2. The number of ether oxygens (including phenoxy) is 1. The molecule has 1 amide bonds. The van der Waals surface area contributed by atoms with E-state index in [1.165, 1.54) is 0 Å². The second kappa shape index (κ2) is 3.96. The van der Waals surface area contributed by atoms with E-state index in [0.717, 1.165) is 4.90 Å². The molecule has 1 aliphatic heterocycles. The Morgan fingerprint density at radius 3 is 2.67 bits per heavy atom. The Labute approximate surface area is 89.0 Å². The lowest BCUT2D eigenvalue weighted by Gasteiger charge is -2.31. The highest BCUT2D eigenvalue weighted by atomic mass is 19.1. The van der Waals surface area contributed by atoms with Crippen LogP contribution in [0.25, 0.3) is 0 Å². The fourth-order valence-corrected chi connectivity index (χ4v) is 1.58. The quantitative estimate of drug-likeness (QED) is 0.682. The lowest BCUT2D eigenvalue weighted by Crippen LogP contribution is -2.48. The molecule has 0 radical (unpaired) electrons. The molecule has 15 heavy (non-hydrogen) atoms. The Balaban J connectivity index is 2.67. The number of nitrogens with zero attached hydrogens (tertiary/aromatic N) is 1. The Kier molecular flexibility index (Phi) is 3.23. The summed E-state index contributed by atoms with van der Waals surface area (Å²) in [6.45, 7) is 4.79. The van der Waals surface area contributed by atoms with E-state index in [0.29, 0.717) is 13.0 Å². The minimum absolute atomic E-state index is 0.169. The van der Waals surface area contributed by atoms with Crippen LogP contribution in [0.5, 0.6) is 0 Å². The molecule has 1 rings (SSSR count). The van der Waals surface area contributed by atoms with E-state index >= 15 is 0 Å². The third-order valence-electron chi connectivity index (χ3n) is 2.28. The summed E-state index contributed by atoms with van der Waals surface area (Å²) in [4.78, 5) is 12.6. The molecule has 0 aromatic heterocycles. The third-order valence-corrected chi connectivity index (χ3v) is 2.28. The lowest BCUT2D eigenvalue weighted by atomic mass is 10.2. The third kappa shape index (κ3) is 2.81. The summed E-state index contributed by atoms with van der Waals surface area (Å²) in [5, 5.41) is 8.92. The molecule has 0 aliphatic carbocycles. The first-order chi connectivity index (χ1) is 6.78. The number of likely N-dealkylation sites (tertiary alicyclic amines) is 1. The minimum atomic E-state index is -1.94. The van der Waals surface area contributed by atoms with Gasteiger partial charge in [0.25, 0.3) is 0 Å². The second-order valence-electron chi connectivity index (χ2n) is 4.81. The molecule has 5 heteroatoms. The second-order valence-corrected chi connectivity index (χ2v) is 4.81. The summed E-state index contributed by atoms with van der Waals surface area (Å²) in [6.07, 6.45) is 0.0236. The topological polar surface area (TPSA) is 49.8 Å². The smallest absolute Gasteiger partial charge is 0.412 e. The van der Waals surface area contributed by atoms with Gasteiger partial charge in [-0.3, -0.25) is 4.90 Å². The molecular weight excluding hydrogens is 201 g/mol. The summed E-state index contributed by atoms with van der Waals surface area (Å²) in [5.74, 6) is -1.94. The molecule has 1 fully saturated rings. The number of hydrogen-bond donors (Lipinski definition) is 1. The number of rotatable bonds is 1. The molecule has 1 saturated heterocycles. The summed E-state index contributed by atoms with van der Waals surface area (Å²) in [6, 6.07) is 0. The van der Waals surface area contributed by atoms with Gasteiger partial charge >= 0.3 is 6.09 Å². The van der Waals surface area contributed by atoms with Crippen LogP contribution in [0.3, 0.4) is 0 Å². The van der Waals surface area contributed by atoms with Gasteiger partial charge < -0.3 is 9.84 Å². The highest BCUT2D eigenvalue weighted by Gasteiger charge is 2.45. The molecule has 0 unspecified atom stereocenters. The van der Waals surface area contributed by atoms with Crippen LogP contribution in [0.4, 0.5) is 9.18 Å². The van der Waals surface area contributed by atoms with Crippen LogP contribution < -0.4 is 0 Å². The fourth-order valence-electron chi connectivity index (χ4n) is 1.58. The van der Waals surface area contributed by atoms with Crippen molar-refractivity contribution in [3.8, 4) is 0 Å². The van der Waals surface area contributed by atoms with E-state index in [9.17, 15) is 9.18 Å². The van der Waals surface area contributed by atoms with Crippen molar-refractivity contribution in [2.75, 3.05) is 13.2 Å². The molecule has 1 heterocycles. The average Bonchev–Trinajstić information content (AvgIpc) is 2.45. The monoisotopic (exact) mass is 219 g/mol. The summed E-state index contributed by atoms with van der Waals surface area (Å²) >= 11 is 0. The van der Waals surface area contributed by atoms with Crippen LogP contribution in [-0.2, 0) is 4.74 Å². The maximum atomic E-state index is 13.9. The van der Waals surface area contributed by atoms with Gasteiger partial charge in [-0.25, -0.2) is 9.18 Å². The van der Waals surface area contributed by atoms with Crippen LogP contribution in [0.2, 0.25) is 0 Å². The van der Waals surface area contributed by atoms with E-state index in [4.69, 9.17) is 9.84 Å². The van der Waals surface area contributed by atoms with Crippen LogP contribution in [-0.4, -0.2) is 40.6 Å². The van der Waals surface area contributed by atoms with Crippen molar-refractivity contribution < 1.29 is 19.0 Å². The molecule has 1 atom stereocenters. The Bertz CT molecular complexity index is 252. The molecule has 0 aromatic carbocycles. The van der Waals surface area contributed by atoms with Gasteiger partial charge in [0, 0.05) is 13.0 Å². The first-order valence-electron chi connectivity index (χ1n) is 5.09. The van der Waals surface area contributed by atoms with E-state index in [2.05, 4.69) is 0 Å². The number of carbonyl (C=O) groups excluding carboxylic acids is 1. The Morgan fingerprint density at radius 1 is 1.60 bits per heavy atom. The van der Waals surface area contributed by atoms with Crippen molar-refractivity contribution in [1.82, 2.24) is 4.90 Å². The van der Waals surface area contributed by atoms with Crippen molar-refractivity contribution in [3.63, 3.8) is 0 Å². The number of carbonyl (C=O) groups is 1. The van der Waals surface area contributed by atoms with E-state index in [1.54, 1.807) is 20.8 Å². The van der Waals surface area contributed by atoms with Crippen LogP contribution in [0, 0.1) is 0 Å². The van der Waals surface area contributed by atoms with Crippen LogP contribution >= 0.6 is 0 Å². The van der Waals surface area contributed by atoms with Crippen molar-refractivity contribution in [3.05, 3.63) is 0 Å². The van der Waals surface area contributed by atoms with E-state index in [1.807, 2.05) is 0 Å². The zero-order chi connectivity index (χ0) is 11.7. The van der Waals surface area contributed by atoms with Gasteiger partial charge in [-0.1, -0.05) is 0 Å². The van der Waals surface area contributed by atoms with Gasteiger partial charge in [-0.2, -0.15) is 0 Å². The molecule has 0 spiro atoms. The zero-order valence-electron chi connectivity index (χ0n) is 9.42. The number of aliphatic hydroxyl groups excluding tert-OH is 1. The van der Waals surface area contributed by atoms with E-state index in [-0.39, 0.29) is 6.42 Å². The number of aliphatic hydroxyl groups is 1. The molecule has 88 valence electrons. The summed E-state index contributed by atoms with van der Waals surface area (Å²) < 4.78 is 19.0. The van der Waals surface area contributed by atoms with Crippen molar-refractivity contribution in [2.45, 2.75) is 45.0 Å². The molecule has 1 aliphatic rings. The maximum Gasteiger partial charge on any atom is 0.412 e. The summed E-state index contributed by atoms with van der Waals surface area (Å²) in [5.41, 5.74) is -0.643. The molecule has 4 nitrogen and oxygen atoms in total. The van der Waals surface area contributed by atoms with Crippen molar-refractivity contribution in [1.29, 1.82) is 0 Å². The predicted molar refractivity (Wildman–Crippen MR) is 53.1 cm³/mol. The predicted octanol–water partition coefficient (Wildman–Crippen LogP) is 1.68. The maximum absolute atomic E-state index is 13.9. The van der Waals surface area contributed by atoms with E-state index < -0.39 is 24.1 Å². The summed E-state index contributed by atoms with van der Waals surface area (Å²) in [7, 11) is 0. The van der Waals surface area contributed by atoms with Gasteiger partial charge in [0.05, 0.1) is 6.61 Å². The highest BCUT2D eigenvalue weighted by molar-refractivity contribution is 5.69. The largest absolute Gasteiger partial charge is 0.444 e. The fraction of sp³-hybridized carbons (Fsp3) is 0.900. The van der Waals surface area contributed by atoms with Gasteiger partial charge in [0.15, 0.2) is 0 Å². The van der Waals surface area contributed by atoms with Gasteiger partial charge in [-0.15, -0.1) is 0 Å². The minimum Gasteiger partial charge on any atom is -0.444 e. The standard InChI is InChI=1S/C10H18FNO3/c1-9(2,3)15-8(14)12-6-4-5-10(12,11)7-13/h13H,4-7H2,1-3H3/t10-/m1/s1. The molecular formula is C10H18FNO3. The number of hydrogen-bond acceptors (Lipinski definition) is 3. The Hall–Kier alpha value is -0.840. The van der Waals surface area contributed by atoms with Gasteiger partial charge in [-0.05, 0) is 27.2 Å². The number of amides is 1. The number of halogens is 1. The average molecular weight is 219 g/mol. The number of alkyl halides is 1. The highest BCUT2D eigenvalue weighted by Crippen LogP contribution is 2.31. The molecule has 1 N–H and O–H groups in total. The molecule has 0 aromatic rings. The molecule has 0 bridgehead atoms. The normalized spacial score (nSPS) is 26.9. The first-order valence-corrected chi connectivity index (χ1v) is 5.09.